The first-order chi connectivity index (χ1) is 6.62. The molecule has 0 atom stereocenters. The Bertz CT molecular complexity index is 257. The van der Waals surface area contributed by atoms with Gasteiger partial charge < -0.3 is 0 Å². The predicted molar refractivity (Wildman–Crippen MR) is 68.6 cm³/mol. The van der Waals surface area contributed by atoms with Crippen LogP contribution in [0.15, 0.2) is 25.3 Å². The first kappa shape index (κ1) is 14.1. The average molecular weight is 252 g/mol. The van der Waals surface area contributed by atoms with Gasteiger partial charge in [-0.2, -0.15) is 0 Å². The maximum absolute atomic E-state index is 11.2. The molecule has 0 aliphatic rings. The van der Waals surface area contributed by atoms with Crippen LogP contribution in [0.1, 0.15) is 6.42 Å². The van der Waals surface area contributed by atoms with E-state index in [0.717, 1.165) is 11.5 Å². The van der Waals surface area contributed by atoms with Crippen LogP contribution in [-0.4, -0.2) is 31.4 Å². The van der Waals surface area contributed by atoms with E-state index in [4.69, 9.17) is 0 Å². The summed E-state index contributed by atoms with van der Waals surface area (Å²) in [4.78, 5) is 0. The van der Waals surface area contributed by atoms with Crippen LogP contribution in [0.3, 0.4) is 0 Å². The maximum atomic E-state index is 11.2. The lowest BCUT2D eigenvalue weighted by Gasteiger charge is -2.00. The lowest BCUT2D eigenvalue weighted by atomic mass is 10.6. The molecule has 0 aliphatic carbocycles. The van der Waals surface area contributed by atoms with E-state index in [-0.39, 0.29) is 11.5 Å². The minimum absolute atomic E-state index is 0.0947. The van der Waals surface area contributed by atoms with Crippen LogP contribution in [0.4, 0.5) is 0 Å². The number of rotatable bonds is 9. The molecule has 0 heterocycles. The summed E-state index contributed by atoms with van der Waals surface area (Å²) in [6.45, 7) is 7.02. The van der Waals surface area contributed by atoms with E-state index < -0.39 is 9.84 Å². The summed E-state index contributed by atoms with van der Waals surface area (Å²) in [7, 11) is 0.507. The van der Waals surface area contributed by atoms with Crippen molar-refractivity contribution in [1.29, 1.82) is 0 Å². The smallest absolute Gasteiger partial charge is 0.153 e. The molecular formula is C9H16O2S3. The second-order valence-electron chi connectivity index (χ2n) is 2.65. The highest BCUT2D eigenvalue weighted by Gasteiger charge is 2.06. The Balaban J connectivity index is 3.44. The van der Waals surface area contributed by atoms with Crippen LogP contribution in [0.2, 0.25) is 0 Å². The van der Waals surface area contributed by atoms with Crippen molar-refractivity contribution in [2.75, 3.05) is 23.0 Å². The van der Waals surface area contributed by atoms with Crippen molar-refractivity contribution >= 4 is 31.4 Å². The molecule has 0 unspecified atom stereocenters. The molecule has 0 aromatic carbocycles. The Kier molecular flexibility index (Phi) is 8.52. The molecule has 14 heavy (non-hydrogen) atoms. The van der Waals surface area contributed by atoms with Gasteiger partial charge >= 0.3 is 0 Å². The lowest BCUT2D eigenvalue weighted by molar-refractivity contribution is 0.598. The van der Waals surface area contributed by atoms with Crippen LogP contribution < -0.4 is 0 Å². The molecule has 0 saturated carbocycles. The second kappa shape index (κ2) is 8.44. The third-order valence-electron chi connectivity index (χ3n) is 1.32. The minimum atomic E-state index is -2.89. The van der Waals surface area contributed by atoms with Crippen molar-refractivity contribution in [1.82, 2.24) is 0 Å². The molecule has 0 saturated heterocycles. The Morgan fingerprint density at radius 3 is 2.43 bits per heavy atom. The summed E-state index contributed by atoms with van der Waals surface area (Å²) in [5.74, 6) is 2.14. The molecule has 0 radical (unpaired) electrons. The van der Waals surface area contributed by atoms with Crippen LogP contribution in [0, 0.1) is 0 Å². The van der Waals surface area contributed by atoms with Gasteiger partial charge in [-0.3, -0.25) is 0 Å². The third kappa shape index (κ3) is 8.72. The molecule has 5 heteroatoms. The van der Waals surface area contributed by atoms with Crippen molar-refractivity contribution in [3.8, 4) is 0 Å². The van der Waals surface area contributed by atoms with Gasteiger partial charge in [-0.1, -0.05) is 33.7 Å². The van der Waals surface area contributed by atoms with E-state index >= 15 is 0 Å². The van der Waals surface area contributed by atoms with Gasteiger partial charge in [-0.25, -0.2) is 8.42 Å². The average Bonchev–Trinajstić information content (AvgIpc) is 2.11. The molecule has 82 valence electrons. The quantitative estimate of drug-likeness (QED) is 0.359. The fraction of sp³-hybridized carbons (Fsp3) is 0.556. The first-order valence-corrected chi connectivity index (χ1v) is 8.60. The van der Waals surface area contributed by atoms with Gasteiger partial charge in [-0.05, 0) is 6.42 Å². The molecule has 0 bridgehead atoms. The van der Waals surface area contributed by atoms with Crippen LogP contribution in [0.25, 0.3) is 0 Å². The summed E-state index contributed by atoms with van der Waals surface area (Å²) in [6, 6.07) is 0. The highest BCUT2D eigenvalue weighted by molar-refractivity contribution is 8.76. The van der Waals surface area contributed by atoms with Crippen molar-refractivity contribution in [2.45, 2.75) is 6.42 Å². The fourth-order valence-electron chi connectivity index (χ4n) is 0.756. The molecule has 0 rings (SSSR count). The van der Waals surface area contributed by atoms with Crippen LogP contribution in [-0.2, 0) is 9.84 Å². The normalized spacial score (nSPS) is 11.1. The van der Waals surface area contributed by atoms with Gasteiger partial charge in [0.15, 0.2) is 9.84 Å². The highest BCUT2D eigenvalue weighted by Crippen LogP contribution is 2.21. The summed E-state index contributed by atoms with van der Waals surface area (Å²) < 4.78 is 22.4. The zero-order chi connectivity index (χ0) is 10.9. The van der Waals surface area contributed by atoms with Crippen LogP contribution >= 0.6 is 21.6 Å². The minimum Gasteiger partial charge on any atom is -0.229 e. The molecule has 0 aliphatic heterocycles. The van der Waals surface area contributed by atoms with E-state index in [1.807, 2.05) is 6.08 Å². The first-order valence-electron chi connectivity index (χ1n) is 4.29. The van der Waals surface area contributed by atoms with Crippen molar-refractivity contribution in [2.24, 2.45) is 0 Å². The molecular weight excluding hydrogens is 236 g/mol. The van der Waals surface area contributed by atoms with Crippen molar-refractivity contribution < 1.29 is 8.42 Å². The SMILES string of the molecule is C=CCSSCCCS(=O)(=O)CC=C. The third-order valence-corrected chi connectivity index (χ3v) is 5.38. The molecule has 2 nitrogen and oxygen atoms in total. The van der Waals surface area contributed by atoms with Gasteiger partial charge in [0.1, 0.15) is 0 Å². The zero-order valence-electron chi connectivity index (χ0n) is 8.15. The van der Waals surface area contributed by atoms with Crippen molar-refractivity contribution in [3.63, 3.8) is 0 Å². The number of hydrogen-bond donors (Lipinski definition) is 0. The Labute approximate surface area is 94.6 Å². The molecule has 0 aromatic rings. The van der Waals surface area contributed by atoms with E-state index in [0.29, 0.717) is 6.42 Å². The largest absolute Gasteiger partial charge is 0.229 e. The maximum Gasteiger partial charge on any atom is 0.153 e. The Morgan fingerprint density at radius 2 is 1.86 bits per heavy atom. The van der Waals surface area contributed by atoms with Crippen LogP contribution in [0.5, 0.6) is 0 Å². The van der Waals surface area contributed by atoms with Gasteiger partial charge in [0.05, 0.1) is 11.5 Å². The summed E-state index contributed by atoms with van der Waals surface area (Å²) in [5.41, 5.74) is 0. The van der Waals surface area contributed by atoms with Crippen molar-refractivity contribution in [3.05, 3.63) is 25.3 Å². The van der Waals surface area contributed by atoms with Gasteiger partial charge in [0, 0.05) is 11.5 Å². The van der Waals surface area contributed by atoms with E-state index in [1.54, 1.807) is 21.6 Å². The molecule has 0 aromatic heterocycles. The fourth-order valence-corrected chi connectivity index (χ4v) is 3.91. The molecule has 0 amide bonds. The van der Waals surface area contributed by atoms with Gasteiger partial charge in [0.2, 0.25) is 0 Å². The van der Waals surface area contributed by atoms with E-state index in [1.165, 1.54) is 6.08 Å². The topological polar surface area (TPSA) is 34.1 Å². The molecule has 0 fully saturated rings. The summed E-state index contributed by atoms with van der Waals surface area (Å²) in [6.07, 6.45) is 3.99. The Hall–Kier alpha value is 0.130. The second-order valence-corrected chi connectivity index (χ2v) is 7.51. The molecule has 0 spiro atoms. The summed E-state index contributed by atoms with van der Waals surface area (Å²) >= 11 is 0. The number of hydrogen-bond acceptors (Lipinski definition) is 4. The zero-order valence-corrected chi connectivity index (χ0v) is 10.6. The van der Waals surface area contributed by atoms with Gasteiger partial charge in [-0.15, -0.1) is 13.2 Å². The lowest BCUT2D eigenvalue weighted by Crippen LogP contribution is -2.09. The summed E-state index contributed by atoms with van der Waals surface area (Å²) in [5, 5.41) is 0. The standard InChI is InChI=1S/C9H16O2S3/c1-3-6-12-13-7-5-9-14(10,11)8-4-2/h3-4H,1-2,5-9H2. The van der Waals surface area contributed by atoms with Gasteiger partial charge in [0.25, 0.3) is 0 Å². The predicted octanol–water partition coefficient (Wildman–Crippen LogP) is 2.54. The number of sulfone groups is 1. The van der Waals surface area contributed by atoms with E-state index in [9.17, 15) is 8.42 Å². The Morgan fingerprint density at radius 1 is 1.14 bits per heavy atom. The molecule has 0 N–H and O–H groups in total. The monoisotopic (exact) mass is 252 g/mol. The van der Waals surface area contributed by atoms with E-state index in [2.05, 4.69) is 13.2 Å². The highest BCUT2D eigenvalue weighted by atomic mass is 33.1.